The fourth-order valence-corrected chi connectivity index (χ4v) is 6.23. The molecule has 1 fully saturated rings. The molecule has 1 unspecified atom stereocenters. The Hall–Kier alpha value is -2.25. The molecule has 2 amide bonds. The van der Waals surface area contributed by atoms with E-state index < -0.39 is 38.5 Å². The fraction of sp³-hybridized carbons (Fsp3) is 0.308. The highest BCUT2D eigenvalue weighted by Crippen LogP contribution is 2.39. The highest BCUT2D eigenvalue weighted by molar-refractivity contribution is 8.76. The van der Waals surface area contributed by atoms with Crippen LogP contribution in [0.2, 0.25) is 0 Å². The highest BCUT2D eigenvalue weighted by atomic mass is 33.1. The topological polar surface area (TPSA) is 178 Å². The standard InChI is InChI=1S/C13H12N4O7S3/c14-16-15-8-1-3-9(4-2-8)26-25-7-13(12(20)21,27(22,23)24)17-10(18)5-6-11(17)19/h1-4H,5-7H2,(H,20,21)(H,22,23,24). The molecule has 2 rings (SSSR count). The zero-order chi connectivity index (χ0) is 20.2. The van der Waals surface area contributed by atoms with Crippen molar-refractivity contribution in [2.75, 3.05) is 5.75 Å². The Labute approximate surface area is 160 Å². The first-order valence-corrected chi connectivity index (χ1v) is 10.9. The van der Waals surface area contributed by atoms with Crippen molar-refractivity contribution in [3.8, 4) is 0 Å². The van der Waals surface area contributed by atoms with Gasteiger partial charge < -0.3 is 5.11 Å². The van der Waals surface area contributed by atoms with Crippen molar-refractivity contribution in [2.24, 2.45) is 5.11 Å². The molecule has 0 bridgehead atoms. The van der Waals surface area contributed by atoms with E-state index in [0.29, 0.717) is 10.6 Å². The molecule has 144 valence electrons. The monoisotopic (exact) mass is 432 g/mol. The minimum atomic E-state index is -5.35. The first-order valence-electron chi connectivity index (χ1n) is 7.14. The third-order valence-electron chi connectivity index (χ3n) is 3.58. The fourth-order valence-electron chi connectivity index (χ4n) is 2.30. The maximum atomic E-state index is 11.9. The molecule has 0 radical (unpaired) electrons. The van der Waals surface area contributed by atoms with Crippen molar-refractivity contribution in [3.63, 3.8) is 0 Å². The lowest BCUT2D eigenvalue weighted by atomic mass is 10.3. The summed E-state index contributed by atoms with van der Waals surface area (Å²) in [6.07, 6.45) is -0.663. The van der Waals surface area contributed by atoms with Gasteiger partial charge in [0.2, 0.25) is 11.8 Å². The van der Waals surface area contributed by atoms with Gasteiger partial charge in [-0.25, -0.2) is 9.69 Å². The van der Waals surface area contributed by atoms with Crippen LogP contribution in [0, 0.1) is 0 Å². The normalized spacial score (nSPS) is 16.7. The number of nitrogens with zero attached hydrogens (tertiary/aromatic N) is 4. The number of hydrogen-bond acceptors (Lipinski definition) is 8. The summed E-state index contributed by atoms with van der Waals surface area (Å²) in [5.41, 5.74) is 8.69. The van der Waals surface area contributed by atoms with Gasteiger partial charge in [-0.15, -0.1) is 0 Å². The number of aliphatic carboxylic acids is 1. The molecule has 11 nitrogen and oxygen atoms in total. The SMILES string of the molecule is [N-]=[N+]=Nc1ccc(SSCC(C(=O)O)(N2C(=O)CCC2=O)S(=O)(=O)O)cc1. The number of rotatable bonds is 8. The first kappa shape index (κ1) is 21.1. The Balaban J connectivity index is 2.27. The van der Waals surface area contributed by atoms with Crippen LogP contribution in [0.4, 0.5) is 5.69 Å². The second kappa shape index (κ2) is 8.19. The van der Waals surface area contributed by atoms with E-state index in [0.717, 1.165) is 21.6 Å². The van der Waals surface area contributed by atoms with Crippen LogP contribution in [0.5, 0.6) is 0 Å². The van der Waals surface area contributed by atoms with Crippen molar-refractivity contribution in [3.05, 3.63) is 34.7 Å². The maximum absolute atomic E-state index is 11.9. The van der Waals surface area contributed by atoms with Crippen molar-refractivity contribution in [1.82, 2.24) is 4.90 Å². The van der Waals surface area contributed by atoms with E-state index in [1.807, 2.05) is 0 Å². The largest absolute Gasteiger partial charge is 0.479 e. The number of carbonyl (C=O) groups excluding carboxylic acids is 2. The van der Waals surface area contributed by atoms with Gasteiger partial charge in [0.1, 0.15) is 0 Å². The van der Waals surface area contributed by atoms with Gasteiger partial charge in [-0.3, -0.25) is 14.1 Å². The van der Waals surface area contributed by atoms with E-state index in [9.17, 15) is 32.5 Å². The summed E-state index contributed by atoms with van der Waals surface area (Å²) in [7, 11) is -3.66. The number of hydrogen-bond donors (Lipinski definition) is 2. The predicted molar refractivity (Wildman–Crippen MR) is 96.6 cm³/mol. The minimum Gasteiger partial charge on any atom is -0.479 e. The van der Waals surface area contributed by atoms with Gasteiger partial charge in [0.05, 0.1) is 5.75 Å². The third-order valence-corrected chi connectivity index (χ3v) is 7.52. The second-order valence-corrected chi connectivity index (χ2v) is 9.21. The summed E-state index contributed by atoms with van der Waals surface area (Å²) < 4.78 is 33.3. The lowest BCUT2D eigenvalue weighted by Crippen LogP contribution is -2.63. The molecular weight excluding hydrogens is 420 g/mol. The van der Waals surface area contributed by atoms with E-state index in [1.165, 1.54) is 12.1 Å². The summed E-state index contributed by atoms with van der Waals surface area (Å²) in [4.78, 5) is 35.8. The average molecular weight is 432 g/mol. The molecule has 1 aromatic rings. The lowest BCUT2D eigenvalue weighted by molar-refractivity contribution is -0.156. The summed E-state index contributed by atoms with van der Waals surface area (Å²) in [5, 5.41) is 12.9. The van der Waals surface area contributed by atoms with Crippen LogP contribution in [-0.4, -0.2) is 51.4 Å². The number of likely N-dealkylation sites (tertiary alicyclic amines) is 1. The lowest BCUT2D eigenvalue weighted by Gasteiger charge is -2.33. The van der Waals surface area contributed by atoms with Crippen LogP contribution in [0.25, 0.3) is 10.4 Å². The molecule has 0 aromatic heterocycles. The molecule has 14 heteroatoms. The first-order chi connectivity index (χ1) is 12.6. The quantitative estimate of drug-likeness (QED) is 0.155. The van der Waals surface area contributed by atoms with E-state index in [4.69, 9.17) is 5.53 Å². The van der Waals surface area contributed by atoms with Gasteiger partial charge in [0.15, 0.2) is 0 Å². The zero-order valence-electron chi connectivity index (χ0n) is 13.4. The summed E-state index contributed by atoms with van der Waals surface area (Å²) in [6.45, 7) is 0. The minimum absolute atomic E-state index is 0.114. The third kappa shape index (κ3) is 4.20. The number of carbonyl (C=O) groups is 3. The number of imide groups is 1. The van der Waals surface area contributed by atoms with Gasteiger partial charge in [0, 0.05) is 28.3 Å². The van der Waals surface area contributed by atoms with Crippen molar-refractivity contribution >= 4 is 55.2 Å². The predicted octanol–water partition coefficient (Wildman–Crippen LogP) is 2.19. The molecule has 1 aliphatic rings. The average Bonchev–Trinajstić information content (AvgIpc) is 2.91. The van der Waals surface area contributed by atoms with Crippen molar-refractivity contribution in [1.29, 1.82) is 0 Å². The summed E-state index contributed by atoms with van der Waals surface area (Å²) in [5.74, 6) is -4.78. The molecule has 1 aromatic carbocycles. The van der Waals surface area contributed by atoms with Gasteiger partial charge in [0.25, 0.3) is 4.87 Å². The Kier molecular flexibility index (Phi) is 6.38. The Bertz CT molecular complexity index is 912. The van der Waals surface area contributed by atoms with E-state index in [-0.39, 0.29) is 17.7 Å². The van der Waals surface area contributed by atoms with Gasteiger partial charge in [-0.05, 0) is 17.7 Å². The smallest absolute Gasteiger partial charge is 0.349 e. The molecule has 1 heterocycles. The number of benzene rings is 1. The van der Waals surface area contributed by atoms with E-state index >= 15 is 0 Å². The van der Waals surface area contributed by atoms with Crippen molar-refractivity contribution in [2.45, 2.75) is 22.6 Å². The Morgan fingerprint density at radius 3 is 2.26 bits per heavy atom. The van der Waals surface area contributed by atoms with E-state index in [2.05, 4.69) is 10.0 Å². The number of carboxylic acid groups (broad SMARTS) is 1. The van der Waals surface area contributed by atoms with E-state index in [1.54, 1.807) is 12.1 Å². The molecule has 1 aliphatic heterocycles. The highest BCUT2D eigenvalue weighted by Gasteiger charge is 2.61. The maximum Gasteiger partial charge on any atom is 0.349 e. The molecule has 0 spiro atoms. The molecule has 1 atom stereocenters. The number of carboxylic acids is 1. The van der Waals surface area contributed by atoms with Crippen LogP contribution < -0.4 is 0 Å². The van der Waals surface area contributed by atoms with Gasteiger partial charge >= 0.3 is 16.1 Å². The molecule has 1 saturated heterocycles. The molecule has 0 saturated carbocycles. The molecule has 2 N–H and O–H groups in total. The van der Waals surface area contributed by atoms with Crippen LogP contribution >= 0.6 is 21.6 Å². The molecule has 27 heavy (non-hydrogen) atoms. The number of azide groups is 1. The van der Waals surface area contributed by atoms with Gasteiger partial charge in [-0.2, -0.15) is 8.42 Å². The molecule has 0 aliphatic carbocycles. The zero-order valence-corrected chi connectivity index (χ0v) is 15.8. The van der Waals surface area contributed by atoms with Crippen molar-refractivity contribution < 1.29 is 32.5 Å². The Morgan fingerprint density at radius 2 is 1.81 bits per heavy atom. The number of amides is 2. The van der Waals surface area contributed by atoms with Crippen LogP contribution in [-0.2, 0) is 24.5 Å². The van der Waals surface area contributed by atoms with Gasteiger partial charge in [-0.1, -0.05) is 38.8 Å². The Morgan fingerprint density at radius 1 is 1.26 bits per heavy atom. The summed E-state index contributed by atoms with van der Waals surface area (Å²) >= 11 is 0. The van der Waals surface area contributed by atoms with Crippen LogP contribution in [0.15, 0.2) is 34.3 Å². The summed E-state index contributed by atoms with van der Waals surface area (Å²) in [6, 6.07) is 6.07. The van der Waals surface area contributed by atoms with Crippen LogP contribution in [0.3, 0.4) is 0 Å². The van der Waals surface area contributed by atoms with Crippen LogP contribution in [0.1, 0.15) is 12.8 Å². The second-order valence-electron chi connectivity index (χ2n) is 5.22. The molecular formula is C13H12N4O7S3.